The maximum atomic E-state index is 12.0. The molecule has 0 amide bonds. The summed E-state index contributed by atoms with van der Waals surface area (Å²) >= 11 is 0. The van der Waals surface area contributed by atoms with E-state index >= 15 is 0 Å². The van der Waals surface area contributed by atoms with Gasteiger partial charge in [0, 0.05) is 33.7 Å². The minimum Gasteiger partial charge on any atom is -0.376 e. The summed E-state index contributed by atoms with van der Waals surface area (Å²) in [5.74, 6) is -0.257. The highest BCUT2D eigenvalue weighted by Crippen LogP contribution is 2.09. The molecule has 1 fully saturated rings. The number of sulfonamides is 1. The molecule has 1 aliphatic heterocycles. The standard InChI is InChI=1S/C9H21N3O5S2/c1-9-8-12(5-6-17-9)18(13,14)7-4-10-19(15,16)11(2)3/h9-10H,4-8H2,1-3H3. The Labute approximate surface area is 114 Å². The summed E-state index contributed by atoms with van der Waals surface area (Å²) in [5.41, 5.74) is 0. The van der Waals surface area contributed by atoms with Gasteiger partial charge in [0.05, 0.1) is 18.5 Å². The Hall–Kier alpha value is -0.260. The third-order valence-corrected chi connectivity index (χ3v) is 6.09. The van der Waals surface area contributed by atoms with Crippen molar-refractivity contribution in [3.63, 3.8) is 0 Å². The summed E-state index contributed by atoms with van der Waals surface area (Å²) in [5, 5.41) is 0. The van der Waals surface area contributed by atoms with Gasteiger partial charge in [0.2, 0.25) is 10.0 Å². The first-order valence-corrected chi connectivity index (χ1v) is 8.96. The van der Waals surface area contributed by atoms with Gasteiger partial charge in [-0.25, -0.2) is 13.1 Å². The molecule has 1 N–H and O–H groups in total. The molecule has 0 aromatic heterocycles. The van der Waals surface area contributed by atoms with Gasteiger partial charge in [-0.1, -0.05) is 0 Å². The molecule has 0 aliphatic carbocycles. The predicted molar refractivity (Wildman–Crippen MR) is 71.4 cm³/mol. The second-order valence-electron chi connectivity index (χ2n) is 4.54. The molecule has 1 saturated heterocycles. The molecule has 0 aromatic carbocycles. The van der Waals surface area contributed by atoms with Crippen molar-refractivity contribution in [2.45, 2.75) is 13.0 Å². The highest BCUT2D eigenvalue weighted by molar-refractivity contribution is 7.89. The van der Waals surface area contributed by atoms with Crippen LogP contribution in [0.1, 0.15) is 6.92 Å². The van der Waals surface area contributed by atoms with Crippen LogP contribution in [0.3, 0.4) is 0 Å². The maximum Gasteiger partial charge on any atom is 0.278 e. The van der Waals surface area contributed by atoms with Gasteiger partial charge in [-0.2, -0.15) is 17.0 Å². The fraction of sp³-hybridized carbons (Fsp3) is 1.00. The summed E-state index contributed by atoms with van der Waals surface area (Å²) in [6.07, 6.45) is -0.137. The largest absolute Gasteiger partial charge is 0.376 e. The first kappa shape index (κ1) is 16.8. The molecule has 0 radical (unpaired) electrons. The lowest BCUT2D eigenvalue weighted by atomic mass is 10.3. The lowest BCUT2D eigenvalue weighted by Crippen LogP contribution is -2.47. The Kier molecular flexibility index (Phi) is 5.71. The molecule has 1 aliphatic rings. The summed E-state index contributed by atoms with van der Waals surface area (Å²) < 4.78 is 56.7. The van der Waals surface area contributed by atoms with Crippen molar-refractivity contribution in [2.75, 3.05) is 46.1 Å². The fourth-order valence-corrected chi connectivity index (χ4v) is 3.75. The van der Waals surface area contributed by atoms with E-state index in [2.05, 4.69) is 4.72 Å². The van der Waals surface area contributed by atoms with Gasteiger partial charge in [-0.15, -0.1) is 0 Å². The molecule has 0 saturated carbocycles. The first-order chi connectivity index (χ1) is 8.65. The second-order valence-corrected chi connectivity index (χ2v) is 8.59. The fourth-order valence-electron chi connectivity index (χ4n) is 1.60. The van der Waals surface area contributed by atoms with Gasteiger partial charge in [0.15, 0.2) is 0 Å². The van der Waals surface area contributed by atoms with E-state index in [9.17, 15) is 16.8 Å². The lowest BCUT2D eigenvalue weighted by Gasteiger charge is -2.30. The van der Waals surface area contributed by atoms with Gasteiger partial charge in [-0.3, -0.25) is 0 Å². The third-order valence-electron chi connectivity index (χ3n) is 2.72. The molecule has 1 atom stereocenters. The Bertz CT molecular complexity index is 488. The van der Waals surface area contributed by atoms with Crippen molar-refractivity contribution < 1.29 is 21.6 Å². The molecule has 0 aromatic rings. The van der Waals surface area contributed by atoms with Crippen LogP contribution in [0.5, 0.6) is 0 Å². The SMILES string of the molecule is CC1CN(S(=O)(=O)CCNS(=O)(=O)N(C)C)CCO1. The van der Waals surface area contributed by atoms with Crippen molar-refractivity contribution in [1.82, 2.24) is 13.3 Å². The molecule has 0 spiro atoms. The van der Waals surface area contributed by atoms with E-state index in [1.54, 1.807) is 6.92 Å². The highest BCUT2D eigenvalue weighted by atomic mass is 32.2. The molecular weight excluding hydrogens is 294 g/mol. The van der Waals surface area contributed by atoms with Crippen LogP contribution in [0.2, 0.25) is 0 Å². The van der Waals surface area contributed by atoms with Crippen molar-refractivity contribution in [3.8, 4) is 0 Å². The number of morpholine rings is 1. The molecule has 10 heteroatoms. The van der Waals surface area contributed by atoms with Crippen LogP contribution >= 0.6 is 0 Å². The van der Waals surface area contributed by atoms with E-state index in [0.717, 1.165) is 4.31 Å². The smallest absolute Gasteiger partial charge is 0.278 e. The number of ether oxygens (including phenoxy) is 1. The third kappa shape index (κ3) is 4.97. The quantitative estimate of drug-likeness (QED) is 0.639. The predicted octanol–water partition coefficient (Wildman–Crippen LogP) is -1.57. The van der Waals surface area contributed by atoms with Gasteiger partial charge < -0.3 is 4.74 Å². The van der Waals surface area contributed by atoms with Crippen LogP contribution in [-0.4, -0.2) is 77.6 Å². The summed E-state index contributed by atoms with van der Waals surface area (Å²) in [4.78, 5) is 0. The van der Waals surface area contributed by atoms with E-state index in [-0.39, 0.29) is 18.4 Å². The van der Waals surface area contributed by atoms with Crippen molar-refractivity contribution in [2.24, 2.45) is 0 Å². The number of rotatable bonds is 6. The monoisotopic (exact) mass is 315 g/mol. The topological polar surface area (TPSA) is 96.0 Å². The zero-order chi connectivity index (χ0) is 14.7. The molecule has 114 valence electrons. The van der Waals surface area contributed by atoms with Crippen molar-refractivity contribution in [1.29, 1.82) is 0 Å². The number of hydrogen-bond donors (Lipinski definition) is 1. The van der Waals surface area contributed by atoms with Crippen LogP contribution in [0.25, 0.3) is 0 Å². The molecular formula is C9H21N3O5S2. The molecule has 1 heterocycles. The average Bonchev–Trinajstić information content (AvgIpc) is 2.28. The van der Waals surface area contributed by atoms with E-state index in [4.69, 9.17) is 4.74 Å². The van der Waals surface area contributed by atoms with Crippen LogP contribution < -0.4 is 4.72 Å². The van der Waals surface area contributed by atoms with Crippen LogP contribution in [-0.2, 0) is 25.0 Å². The number of hydrogen-bond acceptors (Lipinski definition) is 5. The zero-order valence-corrected chi connectivity index (χ0v) is 13.0. The van der Waals surface area contributed by atoms with Crippen LogP contribution in [0.15, 0.2) is 0 Å². The summed E-state index contributed by atoms with van der Waals surface area (Å²) in [7, 11) is -4.29. The Morgan fingerprint density at radius 2 is 1.95 bits per heavy atom. The van der Waals surface area contributed by atoms with E-state index in [0.29, 0.717) is 19.7 Å². The first-order valence-electron chi connectivity index (χ1n) is 5.92. The van der Waals surface area contributed by atoms with Crippen LogP contribution in [0.4, 0.5) is 0 Å². The summed E-state index contributed by atoms with van der Waals surface area (Å²) in [6, 6.07) is 0. The molecule has 8 nitrogen and oxygen atoms in total. The molecule has 1 unspecified atom stereocenters. The zero-order valence-electron chi connectivity index (χ0n) is 11.4. The summed E-state index contributed by atoms with van der Waals surface area (Å²) in [6.45, 7) is 2.64. The van der Waals surface area contributed by atoms with Gasteiger partial charge >= 0.3 is 0 Å². The normalized spacial score (nSPS) is 22.8. The van der Waals surface area contributed by atoms with Crippen LogP contribution in [0, 0.1) is 0 Å². The van der Waals surface area contributed by atoms with E-state index in [1.807, 2.05) is 0 Å². The maximum absolute atomic E-state index is 12.0. The van der Waals surface area contributed by atoms with E-state index < -0.39 is 20.2 Å². The number of nitrogens with zero attached hydrogens (tertiary/aromatic N) is 2. The molecule has 19 heavy (non-hydrogen) atoms. The lowest BCUT2D eigenvalue weighted by molar-refractivity contribution is 0.0102. The molecule has 0 bridgehead atoms. The van der Waals surface area contributed by atoms with Gasteiger partial charge in [0.1, 0.15) is 0 Å². The molecule has 1 rings (SSSR count). The Morgan fingerprint density at radius 3 is 2.47 bits per heavy atom. The Balaban J connectivity index is 2.52. The van der Waals surface area contributed by atoms with Gasteiger partial charge in [0.25, 0.3) is 10.2 Å². The second kappa shape index (κ2) is 6.46. The number of nitrogens with one attached hydrogen (secondary N) is 1. The van der Waals surface area contributed by atoms with Gasteiger partial charge in [-0.05, 0) is 6.92 Å². The minimum atomic E-state index is -3.59. The Morgan fingerprint density at radius 1 is 1.32 bits per heavy atom. The van der Waals surface area contributed by atoms with E-state index in [1.165, 1.54) is 18.4 Å². The van der Waals surface area contributed by atoms with Crippen molar-refractivity contribution in [3.05, 3.63) is 0 Å². The highest BCUT2D eigenvalue weighted by Gasteiger charge is 2.27. The average molecular weight is 315 g/mol. The van der Waals surface area contributed by atoms with Crippen molar-refractivity contribution >= 4 is 20.2 Å². The minimum absolute atomic E-state index is 0.137.